The molecule has 0 spiro atoms. The SMILES string of the molecule is Cc1ccc(-c2cc(C(=O)N(C)CC(=O)NC3CCCCC3)no2)cc1. The molecule has 2 aromatic rings. The third kappa shape index (κ3) is 4.50. The van der Waals surface area contributed by atoms with E-state index in [0.29, 0.717) is 5.76 Å². The molecule has 1 aliphatic rings. The molecule has 2 amide bonds. The lowest BCUT2D eigenvalue weighted by Crippen LogP contribution is -2.43. The maximum absolute atomic E-state index is 12.5. The van der Waals surface area contributed by atoms with Crippen LogP contribution < -0.4 is 5.32 Å². The fraction of sp³-hybridized carbons (Fsp3) is 0.450. The van der Waals surface area contributed by atoms with Gasteiger partial charge in [-0.3, -0.25) is 9.59 Å². The van der Waals surface area contributed by atoms with E-state index in [-0.39, 0.29) is 30.1 Å². The Bertz CT molecular complexity index is 761. The molecule has 1 N–H and O–H groups in total. The molecule has 1 aliphatic carbocycles. The molecule has 0 bridgehead atoms. The van der Waals surface area contributed by atoms with E-state index in [2.05, 4.69) is 10.5 Å². The van der Waals surface area contributed by atoms with E-state index >= 15 is 0 Å². The number of amides is 2. The summed E-state index contributed by atoms with van der Waals surface area (Å²) < 4.78 is 5.29. The van der Waals surface area contributed by atoms with Crippen LogP contribution in [-0.4, -0.2) is 41.5 Å². The van der Waals surface area contributed by atoms with Crippen LogP contribution in [0, 0.1) is 6.92 Å². The number of aromatic nitrogens is 1. The highest BCUT2D eigenvalue weighted by atomic mass is 16.5. The molecular formula is C20H25N3O3. The van der Waals surface area contributed by atoms with Crippen LogP contribution in [0.5, 0.6) is 0 Å². The van der Waals surface area contributed by atoms with E-state index < -0.39 is 0 Å². The summed E-state index contributed by atoms with van der Waals surface area (Å²) in [4.78, 5) is 26.0. The van der Waals surface area contributed by atoms with Crippen molar-refractivity contribution in [1.29, 1.82) is 0 Å². The van der Waals surface area contributed by atoms with Gasteiger partial charge in [0.15, 0.2) is 11.5 Å². The zero-order valence-corrected chi connectivity index (χ0v) is 15.3. The average Bonchev–Trinajstić information content (AvgIpc) is 3.12. The largest absolute Gasteiger partial charge is 0.355 e. The number of nitrogens with zero attached hydrogens (tertiary/aromatic N) is 2. The molecule has 1 fully saturated rings. The summed E-state index contributed by atoms with van der Waals surface area (Å²) in [6, 6.07) is 9.64. The third-order valence-electron chi connectivity index (χ3n) is 4.76. The Morgan fingerprint density at radius 3 is 2.58 bits per heavy atom. The Balaban J connectivity index is 1.58. The van der Waals surface area contributed by atoms with Crippen LogP contribution in [0.1, 0.15) is 48.2 Å². The second kappa shape index (κ2) is 8.17. The Morgan fingerprint density at radius 1 is 1.19 bits per heavy atom. The van der Waals surface area contributed by atoms with Crippen LogP contribution >= 0.6 is 0 Å². The smallest absolute Gasteiger partial charge is 0.276 e. The first-order chi connectivity index (χ1) is 12.5. The third-order valence-corrected chi connectivity index (χ3v) is 4.76. The van der Waals surface area contributed by atoms with Crippen molar-refractivity contribution in [1.82, 2.24) is 15.4 Å². The second-order valence-electron chi connectivity index (χ2n) is 7.01. The van der Waals surface area contributed by atoms with Crippen LogP contribution in [0.3, 0.4) is 0 Å². The number of carbonyl (C=O) groups is 2. The fourth-order valence-corrected chi connectivity index (χ4v) is 3.23. The number of hydrogen-bond acceptors (Lipinski definition) is 4. The van der Waals surface area contributed by atoms with E-state index in [4.69, 9.17) is 4.52 Å². The predicted molar refractivity (Wildman–Crippen MR) is 98.7 cm³/mol. The molecule has 6 nitrogen and oxygen atoms in total. The summed E-state index contributed by atoms with van der Waals surface area (Å²) in [5.74, 6) is 0.0781. The Labute approximate surface area is 153 Å². The van der Waals surface area contributed by atoms with Crippen molar-refractivity contribution >= 4 is 11.8 Å². The van der Waals surface area contributed by atoms with Gasteiger partial charge in [-0.15, -0.1) is 0 Å². The van der Waals surface area contributed by atoms with Crippen LogP contribution in [0.25, 0.3) is 11.3 Å². The van der Waals surface area contributed by atoms with Gasteiger partial charge < -0.3 is 14.7 Å². The van der Waals surface area contributed by atoms with E-state index in [0.717, 1.165) is 36.8 Å². The molecule has 26 heavy (non-hydrogen) atoms. The number of benzene rings is 1. The molecule has 1 saturated carbocycles. The van der Waals surface area contributed by atoms with Gasteiger partial charge in [-0.05, 0) is 19.8 Å². The van der Waals surface area contributed by atoms with Crippen molar-refractivity contribution in [3.05, 3.63) is 41.6 Å². The van der Waals surface area contributed by atoms with E-state index in [1.165, 1.54) is 11.3 Å². The van der Waals surface area contributed by atoms with Gasteiger partial charge in [-0.1, -0.05) is 54.2 Å². The average molecular weight is 355 g/mol. The van der Waals surface area contributed by atoms with Gasteiger partial charge in [-0.2, -0.15) is 0 Å². The lowest BCUT2D eigenvalue weighted by molar-refractivity contribution is -0.122. The van der Waals surface area contributed by atoms with Crippen molar-refractivity contribution in [3.63, 3.8) is 0 Å². The molecule has 1 aromatic carbocycles. The quantitative estimate of drug-likeness (QED) is 0.894. The fourth-order valence-electron chi connectivity index (χ4n) is 3.23. The molecule has 3 rings (SSSR count). The summed E-state index contributed by atoms with van der Waals surface area (Å²) in [7, 11) is 1.60. The van der Waals surface area contributed by atoms with Gasteiger partial charge in [0, 0.05) is 24.7 Å². The first kappa shape index (κ1) is 18.2. The van der Waals surface area contributed by atoms with E-state index in [1.54, 1.807) is 13.1 Å². The number of rotatable bonds is 5. The van der Waals surface area contributed by atoms with Crippen LogP contribution in [0.4, 0.5) is 0 Å². The number of likely N-dealkylation sites (N-methyl/N-ethyl adjacent to an activating group) is 1. The lowest BCUT2D eigenvalue weighted by atomic mass is 9.95. The summed E-state index contributed by atoms with van der Waals surface area (Å²) in [5, 5.41) is 6.88. The molecule has 6 heteroatoms. The van der Waals surface area contributed by atoms with Crippen LogP contribution in [-0.2, 0) is 4.79 Å². The topological polar surface area (TPSA) is 75.4 Å². The van der Waals surface area contributed by atoms with Gasteiger partial charge in [0.25, 0.3) is 5.91 Å². The highest BCUT2D eigenvalue weighted by Crippen LogP contribution is 2.21. The van der Waals surface area contributed by atoms with Gasteiger partial charge in [0.2, 0.25) is 5.91 Å². The normalized spacial score (nSPS) is 14.8. The van der Waals surface area contributed by atoms with Crippen LogP contribution in [0.2, 0.25) is 0 Å². The Hall–Kier alpha value is -2.63. The Kier molecular flexibility index (Phi) is 5.71. The zero-order chi connectivity index (χ0) is 18.5. The summed E-state index contributed by atoms with van der Waals surface area (Å²) in [6.07, 6.45) is 5.58. The van der Waals surface area contributed by atoms with Crippen molar-refractivity contribution in [2.75, 3.05) is 13.6 Å². The molecule has 0 saturated heterocycles. The minimum Gasteiger partial charge on any atom is -0.355 e. The summed E-state index contributed by atoms with van der Waals surface area (Å²) >= 11 is 0. The van der Waals surface area contributed by atoms with Gasteiger partial charge in [0.05, 0.1) is 6.54 Å². The lowest BCUT2D eigenvalue weighted by Gasteiger charge is -2.24. The minimum atomic E-state index is -0.328. The molecule has 138 valence electrons. The van der Waals surface area contributed by atoms with Crippen LogP contribution in [0.15, 0.2) is 34.9 Å². The first-order valence-corrected chi connectivity index (χ1v) is 9.11. The second-order valence-corrected chi connectivity index (χ2v) is 7.01. The monoisotopic (exact) mass is 355 g/mol. The maximum Gasteiger partial charge on any atom is 0.276 e. The Morgan fingerprint density at radius 2 is 1.88 bits per heavy atom. The molecule has 1 aromatic heterocycles. The summed E-state index contributed by atoms with van der Waals surface area (Å²) in [5.41, 5.74) is 2.21. The van der Waals surface area contributed by atoms with Gasteiger partial charge in [0.1, 0.15) is 0 Å². The molecule has 1 heterocycles. The molecule has 0 unspecified atom stereocenters. The zero-order valence-electron chi connectivity index (χ0n) is 15.3. The van der Waals surface area contributed by atoms with Crippen molar-refractivity contribution in [2.24, 2.45) is 0 Å². The van der Waals surface area contributed by atoms with Crippen molar-refractivity contribution in [2.45, 2.75) is 45.1 Å². The number of hydrogen-bond donors (Lipinski definition) is 1. The molecular weight excluding hydrogens is 330 g/mol. The first-order valence-electron chi connectivity index (χ1n) is 9.11. The van der Waals surface area contributed by atoms with Crippen molar-refractivity contribution < 1.29 is 14.1 Å². The molecule has 0 radical (unpaired) electrons. The number of carbonyl (C=O) groups excluding carboxylic acids is 2. The highest BCUT2D eigenvalue weighted by molar-refractivity contribution is 5.95. The minimum absolute atomic E-state index is 0.0159. The predicted octanol–water partition coefficient (Wildman–Crippen LogP) is 3.17. The standard InChI is InChI=1S/C20H25N3O3/c1-14-8-10-15(11-9-14)18-12-17(22-26-18)20(25)23(2)13-19(24)21-16-6-4-3-5-7-16/h8-12,16H,3-7,13H2,1-2H3,(H,21,24). The maximum atomic E-state index is 12.5. The van der Waals surface area contributed by atoms with Crippen molar-refractivity contribution in [3.8, 4) is 11.3 Å². The summed E-state index contributed by atoms with van der Waals surface area (Å²) in [6.45, 7) is 2.02. The molecule has 0 atom stereocenters. The number of nitrogens with one attached hydrogen (secondary N) is 1. The number of aryl methyl sites for hydroxylation is 1. The van der Waals surface area contributed by atoms with E-state index in [9.17, 15) is 9.59 Å². The molecule has 0 aliphatic heterocycles. The van der Waals surface area contributed by atoms with Gasteiger partial charge >= 0.3 is 0 Å². The highest BCUT2D eigenvalue weighted by Gasteiger charge is 2.21. The van der Waals surface area contributed by atoms with E-state index in [1.807, 2.05) is 31.2 Å². The van der Waals surface area contributed by atoms with Gasteiger partial charge in [-0.25, -0.2) is 0 Å².